The molecule has 1 saturated heterocycles. The molecule has 6 nitrogen and oxygen atoms in total. The Labute approximate surface area is 175 Å². The van der Waals surface area contributed by atoms with Crippen molar-refractivity contribution >= 4 is 27.6 Å². The number of esters is 1. The second-order valence-electron chi connectivity index (χ2n) is 7.14. The second kappa shape index (κ2) is 8.95. The summed E-state index contributed by atoms with van der Waals surface area (Å²) in [4.78, 5) is 12.4. The van der Waals surface area contributed by atoms with Crippen LogP contribution in [0.5, 0.6) is 0 Å². The van der Waals surface area contributed by atoms with Gasteiger partial charge >= 0.3 is 5.97 Å². The molecule has 0 bridgehead atoms. The smallest absolute Gasteiger partial charge is 0.338 e. The molecule has 1 aliphatic heterocycles. The maximum absolute atomic E-state index is 13.0. The van der Waals surface area contributed by atoms with E-state index in [0.29, 0.717) is 18.7 Å². The predicted octanol–water partition coefficient (Wildman–Crippen LogP) is 3.99. The molecule has 3 rings (SSSR count). The molecule has 0 radical (unpaired) electrons. The molecule has 0 N–H and O–H groups in total. The maximum Gasteiger partial charge on any atom is 0.338 e. The van der Waals surface area contributed by atoms with Crippen LogP contribution >= 0.6 is 11.6 Å². The standard InChI is InChI=1S/C21H21ClN2O4S/c1-15-3-2-10-24(13-15)29(26,27)20-11-18(8-9-19(20)22)21(25)28-14-17-6-4-16(12-23)5-7-17/h4-9,11,15H,2-3,10,13-14H2,1H3. The van der Waals surface area contributed by atoms with Crippen LogP contribution < -0.4 is 0 Å². The third-order valence-electron chi connectivity index (χ3n) is 4.86. The Kier molecular flexibility index (Phi) is 6.58. The van der Waals surface area contributed by atoms with Crippen molar-refractivity contribution in [1.82, 2.24) is 4.31 Å². The lowest BCUT2D eigenvalue weighted by Crippen LogP contribution is -2.39. The predicted molar refractivity (Wildman–Crippen MR) is 109 cm³/mol. The lowest BCUT2D eigenvalue weighted by Gasteiger charge is -2.30. The van der Waals surface area contributed by atoms with Gasteiger partial charge in [-0.2, -0.15) is 9.57 Å². The first kappa shape index (κ1) is 21.3. The van der Waals surface area contributed by atoms with Crippen molar-refractivity contribution in [2.75, 3.05) is 13.1 Å². The molecular formula is C21H21ClN2O4S. The number of carbonyl (C=O) groups is 1. The molecule has 1 fully saturated rings. The quantitative estimate of drug-likeness (QED) is 0.666. The second-order valence-corrected chi connectivity index (χ2v) is 9.45. The van der Waals surface area contributed by atoms with Gasteiger partial charge in [0.2, 0.25) is 10.0 Å². The van der Waals surface area contributed by atoms with E-state index in [2.05, 4.69) is 0 Å². The minimum Gasteiger partial charge on any atom is -0.457 e. The van der Waals surface area contributed by atoms with Crippen molar-refractivity contribution in [3.8, 4) is 6.07 Å². The summed E-state index contributed by atoms with van der Waals surface area (Å²) in [6.45, 7) is 2.90. The number of benzene rings is 2. The van der Waals surface area contributed by atoms with Crippen LogP contribution in [0.1, 0.15) is 41.3 Å². The van der Waals surface area contributed by atoms with Gasteiger partial charge in [-0.3, -0.25) is 0 Å². The minimum atomic E-state index is -3.79. The van der Waals surface area contributed by atoms with Gasteiger partial charge in [0.15, 0.2) is 0 Å². The lowest BCUT2D eigenvalue weighted by molar-refractivity contribution is 0.0472. The van der Waals surface area contributed by atoms with Crippen LogP contribution in [0, 0.1) is 17.2 Å². The first-order valence-electron chi connectivity index (χ1n) is 9.27. The summed E-state index contributed by atoms with van der Waals surface area (Å²) < 4.78 is 32.8. The molecule has 0 saturated carbocycles. The highest BCUT2D eigenvalue weighted by Gasteiger charge is 2.31. The number of ether oxygens (including phenoxy) is 1. The van der Waals surface area contributed by atoms with Crippen LogP contribution in [-0.2, 0) is 21.4 Å². The number of halogens is 1. The van der Waals surface area contributed by atoms with E-state index in [1.165, 1.54) is 22.5 Å². The Bertz CT molecular complexity index is 1050. The van der Waals surface area contributed by atoms with Gasteiger partial charge in [-0.15, -0.1) is 0 Å². The Balaban J connectivity index is 1.77. The molecule has 1 aliphatic rings. The van der Waals surface area contributed by atoms with Crippen molar-refractivity contribution in [2.45, 2.75) is 31.3 Å². The van der Waals surface area contributed by atoms with E-state index in [0.717, 1.165) is 18.4 Å². The molecule has 0 amide bonds. The summed E-state index contributed by atoms with van der Waals surface area (Å²) in [6, 6.07) is 12.8. The Morgan fingerprint density at radius 2 is 2.00 bits per heavy atom. The Morgan fingerprint density at radius 3 is 2.66 bits per heavy atom. The average molecular weight is 433 g/mol. The molecule has 0 spiro atoms. The normalized spacial score (nSPS) is 17.5. The summed E-state index contributed by atoms with van der Waals surface area (Å²) in [5.41, 5.74) is 1.35. The SMILES string of the molecule is CC1CCCN(S(=O)(=O)c2cc(C(=O)OCc3ccc(C#N)cc3)ccc2Cl)C1. The minimum absolute atomic E-state index is 0.0128. The molecular weight excluding hydrogens is 412 g/mol. The number of piperidine rings is 1. The number of carbonyl (C=O) groups excluding carboxylic acids is 1. The monoisotopic (exact) mass is 432 g/mol. The summed E-state index contributed by atoms with van der Waals surface area (Å²) in [5.74, 6) is -0.368. The Hall–Kier alpha value is -2.40. The highest BCUT2D eigenvalue weighted by atomic mass is 35.5. The van der Waals surface area contributed by atoms with Crippen molar-refractivity contribution in [3.63, 3.8) is 0 Å². The molecule has 152 valence electrons. The number of nitrogens with zero attached hydrogens (tertiary/aromatic N) is 2. The Morgan fingerprint density at radius 1 is 1.28 bits per heavy atom. The van der Waals surface area contributed by atoms with Crippen LogP contribution in [0.4, 0.5) is 0 Å². The third-order valence-corrected chi connectivity index (χ3v) is 7.20. The van der Waals surface area contributed by atoms with Gasteiger partial charge in [0, 0.05) is 13.1 Å². The number of hydrogen-bond acceptors (Lipinski definition) is 5. The maximum atomic E-state index is 13.0. The lowest BCUT2D eigenvalue weighted by atomic mass is 10.0. The van der Waals surface area contributed by atoms with Crippen LogP contribution in [0.2, 0.25) is 5.02 Å². The molecule has 0 aromatic heterocycles. The van der Waals surface area contributed by atoms with Gasteiger partial charge in [-0.1, -0.05) is 30.7 Å². The number of sulfonamides is 1. The van der Waals surface area contributed by atoms with E-state index >= 15 is 0 Å². The van der Waals surface area contributed by atoms with Gasteiger partial charge in [0.25, 0.3) is 0 Å². The molecule has 2 aromatic carbocycles. The highest BCUT2D eigenvalue weighted by Crippen LogP contribution is 2.29. The zero-order valence-corrected chi connectivity index (χ0v) is 17.5. The molecule has 1 heterocycles. The van der Waals surface area contributed by atoms with E-state index in [-0.39, 0.29) is 28.0 Å². The zero-order valence-electron chi connectivity index (χ0n) is 16.0. The van der Waals surface area contributed by atoms with E-state index in [4.69, 9.17) is 21.6 Å². The molecule has 29 heavy (non-hydrogen) atoms. The van der Waals surface area contributed by atoms with Crippen LogP contribution in [0.3, 0.4) is 0 Å². The number of rotatable bonds is 5. The van der Waals surface area contributed by atoms with Crippen molar-refractivity contribution in [1.29, 1.82) is 5.26 Å². The van der Waals surface area contributed by atoms with E-state index < -0.39 is 16.0 Å². The van der Waals surface area contributed by atoms with E-state index in [1.807, 2.05) is 13.0 Å². The van der Waals surface area contributed by atoms with Crippen LogP contribution in [0.15, 0.2) is 47.4 Å². The molecule has 0 aliphatic carbocycles. The highest BCUT2D eigenvalue weighted by molar-refractivity contribution is 7.89. The van der Waals surface area contributed by atoms with E-state index in [1.54, 1.807) is 24.3 Å². The van der Waals surface area contributed by atoms with Crippen molar-refractivity contribution in [3.05, 3.63) is 64.2 Å². The third kappa shape index (κ3) is 4.96. The summed E-state index contributed by atoms with van der Waals surface area (Å²) in [7, 11) is -3.79. The average Bonchev–Trinajstić information content (AvgIpc) is 2.72. The van der Waals surface area contributed by atoms with E-state index in [9.17, 15) is 13.2 Å². The number of nitriles is 1. The fourth-order valence-electron chi connectivity index (χ4n) is 3.24. The number of hydrogen-bond donors (Lipinski definition) is 0. The van der Waals surface area contributed by atoms with Crippen LogP contribution in [-0.4, -0.2) is 31.8 Å². The van der Waals surface area contributed by atoms with Crippen molar-refractivity contribution in [2.24, 2.45) is 5.92 Å². The van der Waals surface area contributed by atoms with Gasteiger partial charge in [-0.25, -0.2) is 13.2 Å². The summed E-state index contributed by atoms with van der Waals surface area (Å²) in [5, 5.41) is 8.90. The first-order chi connectivity index (χ1) is 13.8. The molecule has 8 heteroatoms. The largest absolute Gasteiger partial charge is 0.457 e. The summed E-state index contributed by atoms with van der Waals surface area (Å²) >= 11 is 6.16. The molecule has 1 atom stereocenters. The van der Waals surface area contributed by atoms with Crippen molar-refractivity contribution < 1.29 is 17.9 Å². The van der Waals surface area contributed by atoms with Gasteiger partial charge in [-0.05, 0) is 54.7 Å². The molecule has 2 aromatic rings. The van der Waals surface area contributed by atoms with Gasteiger partial charge in [0.05, 0.1) is 22.2 Å². The van der Waals surface area contributed by atoms with Crippen LogP contribution in [0.25, 0.3) is 0 Å². The summed E-state index contributed by atoms with van der Waals surface area (Å²) in [6.07, 6.45) is 1.78. The zero-order chi connectivity index (χ0) is 21.0. The topological polar surface area (TPSA) is 87.5 Å². The fraction of sp³-hybridized carbons (Fsp3) is 0.333. The van der Waals surface area contributed by atoms with Gasteiger partial charge in [0.1, 0.15) is 11.5 Å². The first-order valence-corrected chi connectivity index (χ1v) is 11.1. The fourth-order valence-corrected chi connectivity index (χ4v) is 5.34. The molecule has 1 unspecified atom stereocenters. The van der Waals surface area contributed by atoms with Gasteiger partial charge < -0.3 is 4.74 Å².